The maximum Gasteiger partial charge on any atom is 0.116 e. The van der Waals surface area contributed by atoms with E-state index >= 15 is 0 Å². The number of aryl methyl sites for hydroxylation is 1. The second kappa shape index (κ2) is 3.04. The second-order valence-electron chi connectivity index (χ2n) is 3.81. The van der Waals surface area contributed by atoms with Crippen LogP contribution in [-0.2, 0) is 12.8 Å². The van der Waals surface area contributed by atoms with Gasteiger partial charge in [-0.15, -0.1) is 0 Å². The molecular weight excluding hydrogens is 162 g/mol. The van der Waals surface area contributed by atoms with Gasteiger partial charge in [-0.25, -0.2) is 0 Å². The number of aromatic hydroxyl groups is 1. The number of hydrogen-bond donors (Lipinski definition) is 2. The fraction of sp³-hybridized carbons (Fsp3) is 0.455. The zero-order chi connectivity index (χ0) is 9.42. The standard InChI is InChI=1S/C11H15NO/c1-7(12)11-6-9(13)5-8-3-2-4-10(8)11/h5-7,13H,2-4,12H2,1H3. The van der Waals surface area contributed by atoms with Crippen molar-refractivity contribution in [1.29, 1.82) is 0 Å². The first kappa shape index (κ1) is 8.57. The van der Waals surface area contributed by atoms with Gasteiger partial charge < -0.3 is 10.8 Å². The van der Waals surface area contributed by atoms with Crippen molar-refractivity contribution in [2.45, 2.75) is 32.2 Å². The summed E-state index contributed by atoms with van der Waals surface area (Å²) in [5.41, 5.74) is 9.62. The Bertz CT molecular complexity index is 331. The smallest absolute Gasteiger partial charge is 0.116 e. The largest absolute Gasteiger partial charge is 0.508 e. The Morgan fingerprint density at radius 3 is 2.85 bits per heavy atom. The number of nitrogens with two attached hydrogens (primary N) is 1. The Labute approximate surface area is 78.4 Å². The summed E-state index contributed by atoms with van der Waals surface area (Å²) < 4.78 is 0. The summed E-state index contributed by atoms with van der Waals surface area (Å²) in [4.78, 5) is 0. The van der Waals surface area contributed by atoms with Crippen molar-refractivity contribution in [3.63, 3.8) is 0 Å². The molecule has 2 heteroatoms. The van der Waals surface area contributed by atoms with E-state index in [4.69, 9.17) is 5.73 Å². The predicted octanol–water partition coefficient (Wildman–Crippen LogP) is 1.90. The lowest BCUT2D eigenvalue weighted by atomic mass is 9.98. The monoisotopic (exact) mass is 177 g/mol. The third-order valence-corrected chi connectivity index (χ3v) is 2.73. The SMILES string of the molecule is CC(N)c1cc(O)cc2c1CCC2. The van der Waals surface area contributed by atoms with Crippen molar-refractivity contribution in [2.75, 3.05) is 0 Å². The molecule has 0 spiro atoms. The average Bonchev–Trinajstić information content (AvgIpc) is 2.49. The Morgan fingerprint density at radius 1 is 1.38 bits per heavy atom. The molecule has 1 aliphatic carbocycles. The van der Waals surface area contributed by atoms with E-state index < -0.39 is 0 Å². The van der Waals surface area contributed by atoms with Gasteiger partial charge in [0.1, 0.15) is 5.75 Å². The van der Waals surface area contributed by atoms with Crippen LogP contribution in [0.5, 0.6) is 5.75 Å². The summed E-state index contributed by atoms with van der Waals surface area (Å²) in [6.07, 6.45) is 3.40. The van der Waals surface area contributed by atoms with Gasteiger partial charge in [-0.3, -0.25) is 0 Å². The molecule has 1 aliphatic rings. The minimum Gasteiger partial charge on any atom is -0.508 e. The van der Waals surface area contributed by atoms with Crippen molar-refractivity contribution in [1.82, 2.24) is 0 Å². The van der Waals surface area contributed by atoms with Gasteiger partial charge in [-0.05, 0) is 55.0 Å². The van der Waals surface area contributed by atoms with Crippen molar-refractivity contribution in [3.8, 4) is 5.75 Å². The number of fused-ring (bicyclic) bond motifs is 1. The molecule has 1 atom stereocenters. The molecule has 0 bridgehead atoms. The fourth-order valence-electron chi connectivity index (χ4n) is 2.13. The first-order valence-electron chi connectivity index (χ1n) is 4.78. The molecule has 2 nitrogen and oxygen atoms in total. The molecule has 13 heavy (non-hydrogen) atoms. The van der Waals surface area contributed by atoms with Crippen LogP contribution in [0.3, 0.4) is 0 Å². The van der Waals surface area contributed by atoms with E-state index in [1.165, 1.54) is 17.5 Å². The van der Waals surface area contributed by atoms with Crippen LogP contribution in [-0.4, -0.2) is 5.11 Å². The molecule has 0 fully saturated rings. The van der Waals surface area contributed by atoms with E-state index in [0.717, 1.165) is 18.4 Å². The molecular formula is C11H15NO. The highest BCUT2D eigenvalue weighted by Gasteiger charge is 2.17. The molecule has 1 unspecified atom stereocenters. The Hall–Kier alpha value is -1.02. The number of hydrogen-bond acceptors (Lipinski definition) is 2. The topological polar surface area (TPSA) is 46.2 Å². The highest BCUT2D eigenvalue weighted by atomic mass is 16.3. The fourth-order valence-corrected chi connectivity index (χ4v) is 2.13. The van der Waals surface area contributed by atoms with Gasteiger partial charge in [0.25, 0.3) is 0 Å². The quantitative estimate of drug-likeness (QED) is 0.688. The highest BCUT2D eigenvalue weighted by Crippen LogP contribution is 2.31. The van der Waals surface area contributed by atoms with E-state index in [1.54, 1.807) is 6.07 Å². The molecule has 1 aromatic rings. The number of rotatable bonds is 1. The third kappa shape index (κ3) is 1.42. The van der Waals surface area contributed by atoms with Crippen LogP contribution < -0.4 is 5.73 Å². The van der Waals surface area contributed by atoms with E-state index in [1.807, 2.05) is 13.0 Å². The molecule has 0 aromatic heterocycles. The van der Waals surface area contributed by atoms with Crippen molar-refractivity contribution in [2.24, 2.45) is 5.73 Å². The van der Waals surface area contributed by atoms with E-state index in [-0.39, 0.29) is 6.04 Å². The van der Waals surface area contributed by atoms with Gasteiger partial charge in [-0.1, -0.05) is 0 Å². The van der Waals surface area contributed by atoms with Crippen LogP contribution in [0.4, 0.5) is 0 Å². The zero-order valence-electron chi connectivity index (χ0n) is 7.88. The lowest BCUT2D eigenvalue weighted by molar-refractivity contribution is 0.473. The lowest BCUT2D eigenvalue weighted by Crippen LogP contribution is -2.08. The molecule has 0 saturated carbocycles. The first-order valence-corrected chi connectivity index (χ1v) is 4.78. The van der Waals surface area contributed by atoms with Crippen molar-refractivity contribution < 1.29 is 5.11 Å². The minimum absolute atomic E-state index is 0.0268. The van der Waals surface area contributed by atoms with Crippen LogP contribution >= 0.6 is 0 Å². The molecule has 0 radical (unpaired) electrons. The number of phenols is 1. The minimum atomic E-state index is 0.0268. The third-order valence-electron chi connectivity index (χ3n) is 2.73. The average molecular weight is 177 g/mol. The van der Waals surface area contributed by atoms with Crippen LogP contribution in [0.25, 0.3) is 0 Å². The van der Waals surface area contributed by atoms with E-state index in [2.05, 4.69) is 0 Å². The van der Waals surface area contributed by atoms with Gasteiger partial charge in [0, 0.05) is 6.04 Å². The molecule has 2 rings (SSSR count). The highest BCUT2D eigenvalue weighted by molar-refractivity contribution is 5.45. The normalized spacial score (nSPS) is 17.1. The number of phenolic OH excluding ortho intramolecular Hbond substituents is 1. The van der Waals surface area contributed by atoms with Gasteiger partial charge in [-0.2, -0.15) is 0 Å². The van der Waals surface area contributed by atoms with Gasteiger partial charge in [0.15, 0.2) is 0 Å². The maximum atomic E-state index is 9.47. The summed E-state index contributed by atoms with van der Waals surface area (Å²) in [7, 11) is 0. The summed E-state index contributed by atoms with van der Waals surface area (Å²) in [5.74, 6) is 0.355. The first-order chi connectivity index (χ1) is 6.18. The number of benzene rings is 1. The Morgan fingerprint density at radius 2 is 2.15 bits per heavy atom. The van der Waals surface area contributed by atoms with E-state index in [0.29, 0.717) is 5.75 Å². The summed E-state index contributed by atoms with van der Waals surface area (Å²) >= 11 is 0. The van der Waals surface area contributed by atoms with Gasteiger partial charge in [0.2, 0.25) is 0 Å². The summed E-state index contributed by atoms with van der Waals surface area (Å²) in [6, 6.07) is 3.70. The van der Waals surface area contributed by atoms with Crippen LogP contribution in [0, 0.1) is 0 Å². The molecule has 1 aromatic carbocycles. The summed E-state index contributed by atoms with van der Waals surface area (Å²) in [6.45, 7) is 1.97. The van der Waals surface area contributed by atoms with E-state index in [9.17, 15) is 5.11 Å². The van der Waals surface area contributed by atoms with Crippen molar-refractivity contribution in [3.05, 3.63) is 28.8 Å². The predicted molar refractivity (Wildman–Crippen MR) is 52.7 cm³/mol. The molecule has 0 aliphatic heterocycles. The van der Waals surface area contributed by atoms with Gasteiger partial charge in [0.05, 0.1) is 0 Å². The summed E-state index contributed by atoms with van der Waals surface area (Å²) in [5, 5.41) is 9.47. The van der Waals surface area contributed by atoms with Crippen LogP contribution in [0.1, 0.15) is 36.1 Å². The maximum absolute atomic E-state index is 9.47. The molecule has 0 saturated heterocycles. The lowest BCUT2D eigenvalue weighted by Gasteiger charge is -2.12. The van der Waals surface area contributed by atoms with Gasteiger partial charge >= 0.3 is 0 Å². The molecule has 3 N–H and O–H groups in total. The molecule has 0 heterocycles. The van der Waals surface area contributed by atoms with Crippen molar-refractivity contribution >= 4 is 0 Å². The zero-order valence-corrected chi connectivity index (χ0v) is 7.88. The molecule has 70 valence electrons. The molecule has 0 amide bonds. The second-order valence-corrected chi connectivity index (χ2v) is 3.81. The van der Waals surface area contributed by atoms with Crippen LogP contribution in [0.2, 0.25) is 0 Å². The Kier molecular flexibility index (Phi) is 2.00. The Balaban J connectivity index is 2.55. The van der Waals surface area contributed by atoms with Crippen LogP contribution in [0.15, 0.2) is 12.1 Å².